The fraction of sp³-hybridized carbons (Fsp3) is 0.727. The molecule has 31 nitrogen and oxygen atoms in total. The molecule has 0 bridgehead atoms. The molecule has 5 heterocycles. The minimum Gasteiger partial charge on any atom is -0.465 e. The second kappa shape index (κ2) is 31.9. The largest absolute Gasteiger partial charge is 0.465 e. The fourth-order valence-electron chi connectivity index (χ4n) is 10.9. The molecule has 488 valence electrons. The van der Waals surface area contributed by atoms with Crippen molar-refractivity contribution in [2.75, 3.05) is 53.6 Å². The number of rotatable bonds is 32. The molecule has 6 rings (SSSR count). The monoisotopic (exact) mass is 1260 g/mol. The Balaban J connectivity index is 1.30. The average molecular weight is 1260 g/mol. The van der Waals surface area contributed by atoms with Gasteiger partial charge in [-0.25, -0.2) is 24.0 Å². The van der Waals surface area contributed by atoms with Gasteiger partial charge in [-0.1, -0.05) is 69.4 Å². The highest BCUT2D eigenvalue weighted by Gasteiger charge is 2.64. The molecule has 5 aliphatic heterocycles. The van der Waals surface area contributed by atoms with Crippen LogP contribution in [0.5, 0.6) is 0 Å². The highest BCUT2D eigenvalue weighted by molar-refractivity contribution is 6.26. The molecular formula is C55H78ClN3O28. The molecular weight excluding hydrogens is 1190 g/mol. The van der Waals surface area contributed by atoms with Gasteiger partial charge in [-0.2, -0.15) is 0 Å². The van der Waals surface area contributed by atoms with Gasteiger partial charge in [0.15, 0.2) is 24.4 Å². The lowest BCUT2D eigenvalue weighted by Gasteiger charge is -2.47. The molecule has 0 radical (unpaired) electrons. The quantitative estimate of drug-likeness (QED) is 0.0237. The van der Waals surface area contributed by atoms with Crippen molar-refractivity contribution >= 4 is 65.6 Å². The Kier molecular flexibility index (Phi) is 25.7. The number of esters is 7. The van der Waals surface area contributed by atoms with Crippen molar-refractivity contribution in [3.05, 3.63) is 35.9 Å². The number of nitrogens with one attached hydrogen (secondary N) is 2. The first-order valence-corrected chi connectivity index (χ1v) is 28.8. The second-order valence-electron chi connectivity index (χ2n) is 21.2. The van der Waals surface area contributed by atoms with Gasteiger partial charge in [-0.05, 0) is 12.0 Å². The standard InChI is InChI=1S/C55H78ClN3O28/c1-8-9-10-11-12-16-19-76-53(48(67)72-5)20-32(63)39(57)45(85-53)42(79-28(2)60)33(64)25-77-54(49(68)73-6)21-35-40(58-51(70)83-35)46(86-54)43(80-29(3)61)34(65)26-78-55(50(69)74-7)22-36-41(59-52(71)84-36)47(87-55)44(81-30(4)62)37(82-38(66)23-56)27-75-24-31-17-14-13-15-18-31/h13-15,17-18,32-37,39-47,63-65H,8-12,16,19-27,57H2,1-7H3,(H,58,70)(H,59,71)/t32-,33+,34+,35-,36-,37+,39+,40+,41+,42+,43+,44+,45+,46+,47+,53+,54?,55?/m0/s1. The van der Waals surface area contributed by atoms with Gasteiger partial charge in [0.1, 0.15) is 48.6 Å². The van der Waals surface area contributed by atoms with E-state index in [1.165, 1.54) is 0 Å². The van der Waals surface area contributed by atoms with Crippen molar-refractivity contribution in [3.8, 4) is 0 Å². The van der Waals surface area contributed by atoms with Gasteiger partial charge in [0.25, 0.3) is 17.4 Å². The number of amides is 2. The summed E-state index contributed by atoms with van der Waals surface area (Å²) in [5, 5.41) is 40.5. The number of benzene rings is 1. The van der Waals surface area contributed by atoms with E-state index in [-0.39, 0.29) is 13.2 Å². The zero-order valence-electron chi connectivity index (χ0n) is 49.2. The van der Waals surface area contributed by atoms with E-state index in [1.54, 1.807) is 30.3 Å². The maximum Gasteiger partial charge on any atom is 0.407 e. The van der Waals surface area contributed by atoms with E-state index in [2.05, 4.69) is 17.6 Å². The van der Waals surface area contributed by atoms with Crippen molar-refractivity contribution in [3.63, 3.8) is 0 Å². The maximum atomic E-state index is 14.2. The van der Waals surface area contributed by atoms with Crippen molar-refractivity contribution in [1.29, 1.82) is 0 Å². The van der Waals surface area contributed by atoms with E-state index in [0.29, 0.717) is 12.0 Å². The van der Waals surface area contributed by atoms with E-state index >= 15 is 0 Å². The number of carbonyl (C=O) groups excluding carboxylic acids is 9. The molecule has 2 unspecified atom stereocenters. The molecule has 87 heavy (non-hydrogen) atoms. The number of hydrogen-bond donors (Lipinski definition) is 6. The topological polar surface area (TPSA) is 412 Å². The van der Waals surface area contributed by atoms with Crippen molar-refractivity contribution in [2.24, 2.45) is 5.73 Å². The Hall–Kier alpha value is -6.10. The lowest BCUT2D eigenvalue weighted by molar-refractivity contribution is -0.328. The van der Waals surface area contributed by atoms with Gasteiger partial charge < -0.3 is 107 Å². The number of fused-ring (bicyclic) bond motifs is 2. The molecule has 18 atom stereocenters. The Bertz CT molecular complexity index is 2540. The zero-order chi connectivity index (χ0) is 63.8. The van der Waals surface area contributed by atoms with Crippen LogP contribution in [0.4, 0.5) is 9.59 Å². The third-order valence-electron chi connectivity index (χ3n) is 14.9. The molecule has 32 heteroatoms. The molecule has 0 saturated carbocycles. The van der Waals surface area contributed by atoms with Crippen molar-refractivity contribution in [1.82, 2.24) is 10.6 Å². The van der Waals surface area contributed by atoms with Crippen LogP contribution >= 0.6 is 11.6 Å². The molecule has 0 spiro atoms. The number of nitrogens with two attached hydrogens (primary N) is 1. The van der Waals surface area contributed by atoms with Crippen LogP contribution in [0.1, 0.15) is 91.0 Å². The van der Waals surface area contributed by atoms with Gasteiger partial charge in [-0.15, -0.1) is 11.6 Å². The third-order valence-corrected chi connectivity index (χ3v) is 15.1. The van der Waals surface area contributed by atoms with Crippen LogP contribution in [0.2, 0.25) is 0 Å². The van der Waals surface area contributed by atoms with Crippen LogP contribution in [0, 0.1) is 0 Å². The predicted molar refractivity (Wildman–Crippen MR) is 288 cm³/mol. The molecule has 5 saturated heterocycles. The Morgan fingerprint density at radius 1 is 0.632 bits per heavy atom. The van der Waals surface area contributed by atoms with E-state index in [4.69, 9.17) is 93.1 Å². The summed E-state index contributed by atoms with van der Waals surface area (Å²) in [5.74, 6) is -16.5. The number of aliphatic hydroxyl groups is 3. The first kappa shape index (κ1) is 70.0. The molecule has 0 aromatic heterocycles. The number of alkyl halides is 1. The summed E-state index contributed by atoms with van der Waals surface area (Å²) in [7, 11) is 2.89. The number of ether oxygens (including phenoxy) is 16. The van der Waals surface area contributed by atoms with Crippen LogP contribution in [-0.4, -0.2) is 232 Å². The summed E-state index contributed by atoms with van der Waals surface area (Å²) >= 11 is 5.84. The molecule has 5 fully saturated rings. The number of methoxy groups -OCH3 is 3. The fourth-order valence-corrected chi connectivity index (χ4v) is 10.9. The van der Waals surface area contributed by atoms with Gasteiger partial charge in [0.2, 0.25) is 0 Å². The summed E-state index contributed by atoms with van der Waals surface area (Å²) in [5.41, 5.74) is 7.12. The molecule has 2 amide bonds. The second-order valence-corrected chi connectivity index (χ2v) is 21.5. The van der Waals surface area contributed by atoms with Gasteiger partial charge in [0.05, 0.1) is 91.4 Å². The third kappa shape index (κ3) is 17.6. The molecule has 5 aliphatic rings. The Morgan fingerprint density at radius 3 is 1.56 bits per heavy atom. The number of alkyl carbamates (subject to hydrolysis) is 2. The summed E-state index contributed by atoms with van der Waals surface area (Å²) in [6.07, 6.45) is -20.6. The summed E-state index contributed by atoms with van der Waals surface area (Å²) in [4.78, 5) is 119. The van der Waals surface area contributed by atoms with Crippen LogP contribution in [-0.2, 0) is 116 Å². The van der Waals surface area contributed by atoms with Gasteiger partial charge in [-0.3, -0.25) is 19.2 Å². The first-order chi connectivity index (χ1) is 41.4. The highest BCUT2D eigenvalue weighted by Crippen LogP contribution is 2.42. The number of aliphatic hydroxyl groups excluding tert-OH is 3. The highest BCUT2D eigenvalue weighted by atomic mass is 35.5. The molecule has 7 N–H and O–H groups in total. The molecule has 0 aliphatic carbocycles. The van der Waals surface area contributed by atoms with Gasteiger partial charge in [0, 0.05) is 27.2 Å². The molecule has 1 aromatic carbocycles. The average Bonchev–Trinajstić information content (AvgIpc) is 1.83. The van der Waals surface area contributed by atoms with E-state index < -0.39 is 208 Å². The summed E-state index contributed by atoms with van der Waals surface area (Å²) < 4.78 is 91.7. The van der Waals surface area contributed by atoms with E-state index in [9.17, 15) is 58.5 Å². The minimum absolute atomic E-state index is 0.0448. The Labute approximate surface area is 505 Å². The summed E-state index contributed by atoms with van der Waals surface area (Å²) in [6, 6.07) is 4.55. The smallest absolute Gasteiger partial charge is 0.407 e. The zero-order valence-corrected chi connectivity index (χ0v) is 49.9. The normalized spacial score (nSPS) is 30.3. The number of hydrogen-bond acceptors (Lipinski definition) is 29. The summed E-state index contributed by atoms with van der Waals surface area (Å²) in [6.45, 7) is 2.15. The van der Waals surface area contributed by atoms with Crippen LogP contribution in [0.25, 0.3) is 0 Å². The first-order valence-electron chi connectivity index (χ1n) is 28.2. The predicted octanol–water partition coefficient (Wildman–Crippen LogP) is -0.102. The number of unbranched alkanes of at least 4 members (excludes halogenated alkanes) is 5. The van der Waals surface area contributed by atoms with Crippen LogP contribution < -0.4 is 16.4 Å². The van der Waals surface area contributed by atoms with Gasteiger partial charge >= 0.3 is 54.0 Å². The molecule has 1 aromatic rings. The lowest BCUT2D eigenvalue weighted by atomic mass is 9.88. The minimum atomic E-state index is -2.81. The van der Waals surface area contributed by atoms with Crippen molar-refractivity contribution in [2.45, 2.75) is 201 Å². The van der Waals surface area contributed by atoms with E-state index in [0.717, 1.165) is 74.2 Å². The maximum absolute atomic E-state index is 14.2. The van der Waals surface area contributed by atoms with Crippen LogP contribution in [0.15, 0.2) is 30.3 Å². The van der Waals surface area contributed by atoms with Crippen LogP contribution in [0.3, 0.4) is 0 Å². The number of halogens is 1. The number of carbonyl (C=O) groups is 9. The van der Waals surface area contributed by atoms with Crippen molar-refractivity contribution < 1.29 is 134 Å². The van der Waals surface area contributed by atoms with E-state index in [1.807, 2.05) is 0 Å². The lowest BCUT2D eigenvalue weighted by Crippen LogP contribution is -2.68. The Morgan fingerprint density at radius 2 is 1.08 bits per heavy atom. The SMILES string of the molecule is CCCCCCCCO[C@]1(C(=O)OC)C[C@H](O)[C@@H](N)[C@H]([C@H](OC(C)=O)[C@H](O)COC2(C(=O)OC)C[C@@H]3OC(=O)N[C@H]3[C@H]([C@H](OC(C)=O)[C@H](O)COC3(C(=O)OC)C[C@@H]4OC(=O)N[C@H]4[C@H]([C@H](OC(C)=O)[C@@H](COCc4ccccc4)OC(=O)CCl)O3)O2)O1.